The number of nitrogens with one attached hydrogen (secondary N) is 9. The fraction of sp³-hybridized carbons (Fsp3) is 0.505. The van der Waals surface area contributed by atoms with Gasteiger partial charge in [-0.1, -0.05) is 150 Å². The van der Waals surface area contributed by atoms with Crippen LogP contribution in [0.2, 0.25) is 0 Å². The van der Waals surface area contributed by atoms with Crippen LogP contribution in [0.3, 0.4) is 0 Å². The second-order valence-corrected chi connectivity index (χ2v) is 36.1. The summed E-state index contributed by atoms with van der Waals surface area (Å²) < 4.78 is 21.0. The summed E-state index contributed by atoms with van der Waals surface area (Å²) in [5, 5.41) is 42.7. The van der Waals surface area contributed by atoms with Crippen molar-refractivity contribution in [1.29, 1.82) is 0 Å². The second kappa shape index (κ2) is 49.9. The van der Waals surface area contributed by atoms with Crippen molar-refractivity contribution in [2.45, 2.75) is 235 Å². The monoisotopic (exact) mass is 1850 g/mol. The number of phenolic OH excluding ortho intramolecular Hbond substituents is 1. The van der Waals surface area contributed by atoms with Crippen molar-refractivity contribution < 1.29 is 91.3 Å². The van der Waals surface area contributed by atoms with Crippen LogP contribution in [0, 0.1) is 24.6 Å². The first kappa shape index (κ1) is 104. The van der Waals surface area contributed by atoms with E-state index in [0.717, 1.165) is 50.8 Å². The Balaban J connectivity index is 0.927. The number of carboxylic acid groups (broad SMARTS) is 1. The molecule has 0 aliphatic carbocycles. The van der Waals surface area contributed by atoms with Gasteiger partial charge in [0.15, 0.2) is 0 Å². The summed E-state index contributed by atoms with van der Waals surface area (Å²) in [5.41, 5.74) is 22.6. The number of thioether (sulfide) groups is 1. The molecule has 0 saturated carbocycles. The maximum absolute atomic E-state index is 15.5. The van der Waals surface area contributed by atoms with E-state index in [1.807, 2.05) is 81.1 Å². The number of carbonyl (C=O) groups excluding carboxylic acids is 14. The van der Waals surface area contributed by atoms with Crippen molar-refractivity contribution in [2.24, 2.45) is 29.0 Å². The number of para-hydroxylation sites is 1. The lowest BCUT2D eigenvalue weighted by atomic mass is 9.99. The normalized spacial score (nSPS) is 17.8. The van der Waals surface area contributed by atoms with Crippen LogP contribution in [0.1, 0.15) is 139 Å². The van der Waals surface area contributed by atoms with Gasteiger partial charge in [0, 0.05) is 89.2 Å². The Morgan fingerprint density at radius 3 is 1.82 bits per heavy atom. The largest absolute Gasteiger partial charge is 0.508 e. The summed E-state index contributed by atoms with van der Waals surface area (Å²) in [6.07, 6.45) is 2.89. The fourth-order valence-corrected chi connectivity index (χ4v) is 17.5. The van der Waals surface area contributed by atoms with Gasteiger partial charge in [-0.05, 0) is 135 Å². The van der Waals surface area contributed by atoms with Crippen molar-refractivity contribution in [3.05, 3.63) is 173 Å². The summed E-state index contributed by atoms with van der Waals surface area (Å²) in [6, 6.07) is 18.8. The van der Waals surface area contributed by atoms with Crippen molar-refractivity contribution in [2.75, 3.05) is 58.8 Å². The van der Waals surface area contributed by atoms with E-state index < -0.39 is 204 Å². The van der Waals surface area contributed by atoms with E-state index >= 15 is 28.8 Å². The molecular weight excluding hydrogens is 1720 g/mol. The highest BCUT2D eigenvalue weighted by molar-refractivity contribution is 8.00. The van der Waals surface area contributed by atoms with Crippen LogP contribution in [-0.4, -0.2) is 278 Å². The van der Waals surface area contributed by atoms with Gasteiger partial charge < -0.3 is 104 Å². The number of carbonyl (C=O) groups is 15. The summed E-state index contributed by atoms with van der Waals surface area (Å²) in [7, 11) is 4.33. The molecule has 0 spiro atoms. The van der Waals surface area contributed by atoms with E-state index in [9.17, 15) is 57.8 Å². The number of H-pyrrole nitrogens is 1. The number of rotatable bonds is 51. The number of phenols is 1. The highest BCUT2D eigenvalue weighted by atomic mass is 32.2. The first-order valence-electron chi connectivity index (χ1n) is 45.0. The third kappa shape index (κ3) is 29.7. The number of unbranched alkanes of at least 4 members (excludes halogenated alkanes) is 1. The zero-order valence-electron chi connectivity index (χ0n) is 76.3. The number of carboxylic acids is 1. The van der Waals surface area contributed by atoms with Crippen LogP contribution in [0.5, 0.6) is 5.75 Å². The molecule has 3 unspecified atom stereocenters. The lowest BCUT2D eigenvalue weighted by molar-refractivity contribution is -0.152. The van der Waals surface area contributed by atoms with Gasteiger partial charge >= 0.3 is 5.97 Å². The molecule has 4 heterocycles. The van der Waals surface area contributed by atoms with Gasteiger partial charge in [0.1, 0.15) is 84.6 Å². The Hall–Kier alpha value is -12.2. The number of hydrogen-bond donors (Lipinski definition) is 14. The molecule has 13 amide bonds. The number of hydrogen-bond acceptors (Lipinski definition) is 21. The Morgan fingerprint density at radius 2 is 1.17 bits per heavy atom. The van der Waals surface area contributed by atoms with Gasteiger partial charge in [-0.15, -0.1) is 11.8 Å². The number of likely N-dealkylation sites (tertiary alicyclic amines) is 2. The fourth-order valence-electron chi connectivity index (χ4n) is 16.6. The topological polar surface area (TPSA) is 515 Å². The number of aromatic amines is 1. The molecule has 5 aromatic carbocycles. The molecule has 35 nitrogen and oxygen atoms in total. The van der Waals surface area contributed by atoms with Crippen molar-refractivity contribution in [1.82, 2.24) is 72.0 Å². The molecule has 3 aliphatic heterocycles. The first-order chi connectivity index (χ1) is 63.0. The average Bonchev–Trinajstić information content (AvgIpc) is 1.61. The van der Waals surface area contributed by atoms with Crippen LogP contribution in [-0.2, 0) is 109 Å². The molecule has 6 aromatic rings. The highest BCUT2D eigenvalue weighted by Crippen LogP contribution is 2.37. The number of primary amides is 1. The highest BCUT2D eigenvalue weighted by Gasteiger charge is 2.54. The number of aromatic nitrogens is 1. The van der Waals surface area contributed by atoms with Crippen molar-refractivity contribution in [3.63, 3.8) is 0 Å². The molecule has 3 aliphatic rings. The maximum atomic E-state index is 15.5. The Morgan fingerprint density at radius 1 is 0.606 bits per heavy atom. The van der Waals surface area contributed by atoms with Gasteiger partial charge in [0.2, 0.25) is 76.8 Å². The quantitative estimate of drug-likeness (QED) is 0.0193. The van der Waals surface area contributed by atoms with E-state index in [0.29, 0.717) is 80.0 Å². The number of aromatic hydroxyl groups is 1. The summed E-state index contributed by atoms with van der Waals surface area (Å²) in [6.45, 7) is 11.1. The second-order valence-electron chi connectivity index (χ2n) is 35.1. The number of nitrogens with two attached hydrogens (primary N) is 3. The molecule has 132 heavy (non-hydrogen) atoms. The molecule has 714 valence electrons. The minimum atomic E-state index is -1.58. The van der Waals surface area contributed by atoms with E-state index in [2.05, 4.69) is 47.5 Å². The Kier molecular flexibility index (Phi) is 39.1. The van der Waals surface area contributed by atoms with Crippen LogP contribution < -0.4 is 59.7 Å². The summed E-state index contributed by atoms with van der Waals surface area (Å²) in [5.74, 6) is -13.1. The number of aryl methyl sites for hydroxylation is 1. The minimum absolute atomic E-state index is 0.0714. The number of halogens is 1. The number of aldehydes is 1. The molecule has 17 N–H and O–H groups in total. The molecule has 3 saturated heterocycles. The molecule has 3 fully saturated rings. The summed E-state index contributed by atoms with van der Waals surface area (Å²) >= 11 is 0.812. The number of likely N-dealkylation sites (N-methyl/N-ethyl adjacent to an activating group) is 3. The lowest BCUT2D eigenvalue weighted by Crippen LogP contribution is -2.60. The third-order valence-electron chi connectivity index (χ3n) is 24.2. The van der Waals surface area contributed by atoms with Gasteiger partial charge in [-0.3, -0.25) is 72.0 Å². The number of aliphatic carboxylic acids is 1. The lowest BCUT2D eigenvalue weighted by Gasteiger charge is -2.38. The average molecular weight is 1850 g/mol. The van der Waals surface area contributed by atoms with E-state index in [1.165, 1.54) is 65.2 Å². The van der Waals surface area contributed by atoms with Crippen LogP contribution in [0.25, 0.3) is 10.9 Å². The van der Waals surface area contributed by atoms with Crippen LogP contribution in [0.15, 0.2) is 134 Å². The molecule has 0 bridgehead atoms. The first-order valence-corrected chi connectivity index (χ1v) is 46.2. The molecule has 15 atom stereocenters. The SMILES string of the molecule is CCCC[C@@H](C(=O)N1CCC[C@@H]1C(=O)N[C@H](C=O)CC(=O)O)N(C)C(=O)[C@H](Cc1ccccc1)N(C)C(=O)[C@H](Cc1ccc(F)cc1)NC(=O)CSC[C@H](NC(=O)[C@H](CC(C)C)NC(=O)[C@H](Cc1ccc(O)cc1)NC(=O)[C@H](Cc1c[nH]c2ccccc12)NC(=O)[C@H]1CCCN1C1OC1[C@H](CCCN)NC(=O)C(Cc1ccc(C)cc1)N(C)C(=O)[C@@H](N)C(C)C)C(=O)NCC(N)=O. The zero-order valence-corrected chi connectivity index (χ0v) is 77.1. The zero-order chi connectivity index (χ0) is 96.2. The van der Waals surface area contributed by atoms with Crippen molar-refractivity contribution in [3.8, 4) is 5.75 Å². The Bertz CT molecular complexity index is 4970. The van der Waals surface area contributed by atoms with Crippen molar-refractivity contribution >= 4 is 112 Å². The standard InChI is InChI=1S/C95H128FN17O18S/c1-10-11-25-76(93(129)112-41-18-26-74(112)88(124)102-64(52-114)49-81(118)119)109(7)92(128)78(47-58-20-13-12-14-21-58)111(9)91(127)72(45-59-32-36-63(96)37-33-59)103-80(117)54-132-53-73(84(120)101-51-79(98)116)108-85(121)69(43-55(2)3)105-86(122)70(44-60-34-38-65(115)39-35-60)106-87(123)71(48-62-50-100-67-23-16-15-22-66(62)67)107-89(125)75-27-19-42-113(75)95-83(131-95)68(24-17-40-97)104-90(126)77(46-61-30-28-57(6)29-31-61)110(8)94(130)82(99)56(4)5/h12-16,20-23,28-39,50,52,55-56,64,68-78,82-83,95,100,115H,10-11,17-19,24-27,40-49,51,53-54,97,99H2,1-9H3,(H2,98,116)(H,101,120)(H,102,124)(H,103,117)(H,104,126)(H,105,122)(H,106,123)(H,107,125)(H,108,121)(H,118,119)/t64-,68-,69-,70-,71-,72-,73-,74+,75+,76-,77?,78-,82-,83?,95?/m0/s1. The predicted octanol–water partition coefficient (Wildman–Crippen LogP) is 2.86. The van der Waals surface area contributed by atoms with E-state index in [4.69, 9.17) is 21.9 Å². The summed E-state index contributed by atoms with van der Waals surface area (Å²) in [4.78, 5) is 223. The number of nitrogens with zero attached hydrogens (tertiary/aromatic N) is 5. The third-order valence-corrected chi connectivity index (χ3v) is 25.3. The van der Waals surface area contributed by atoms with Crippen LogP contribution in [0.4, 0.5) is 4.39 Å². The smallest absolute Gasteiger partial charge is 0.305 e. The number of fused-ring (bicyclic) bond motifs is 1. The van der Waals surface area contributed by atoms with Gasteiger partial charge in [-0.2, -0.15) is 0 Å². The van der Waals surface area contributed by atoms with Gasteiger partial charge in [0.25, 0.3) is 0 Å². The van der Waals surface area contributed by atoms with Crippen LogP contribution >= 0.6 is 11.8 Å². The van der Waals surface area contributed by atoms with E-state index in [1.54, 1.807) is 57.4 Å². The molecule has 37 heteroatoms. The predicted molar refractivity (Wildman–Crippen MR) is 493 cm³/mol. The molecule has 1 aromatic heterocycles. The number of epoxide rings is 1. The van der Waals surface area contributed by atoms with Gasteiger partial charge in [-0.25, -0.2) is 4.39 Å². The maximum Gasteiger partial charge on any atom is 0.305 e. The van der Waals surface area contributed by atoms with Gasteiger partial charge in [0.05, 0.1) is 42.9 Å². The number of ether oxygens (including phenoxy) is 1. The molecular formula is C95H128FN17O18S. The van der Waals surface area contributed by atoms with E-state index in [-0.39, 0.29) is 82.0 Å². The molecule has 9 rings (SSSR count). The minimum Gasteiger partial charge on any atom is -0.508 e. The Labute approximate surface area is 772 Å². The molecule has 0 radical (unpaired) electrons. The number of benzene rings is 5. The number of amides is 13.